The molecule has 1 rings (SSSR count). The fourth-order valence-electron chi connectivity index (χ4n) is 1.53. The fraction of sp³-hybridized carbons (Fsp3) is 1.00. The van der Waals surface area contributed by atoms with Crippen LogP contribution in [0.15, 0.2) is 0 Å². The highest BCUT2D eigenvalue weighted by atomic mass is 31.2. The van der Waals surface area contributed by atoms with Crippen molar-refractivity contribution in [1.82, 2.24) is 0 Å². The van der Waals surface area contributed by atoms with Crippen LogP contribution in [-0.4, -0.2) is 17.6 Å². The molecule has 0 bridgehead atoms. The molecule has 0 radical (unpaired) electrons. The minimum Gasteiger partial charge on any atom is -0.302 e. The normalized spacial score (nSPS) is 37.2. The van der Waals surface area contributed by atoms with E-state index in [1.807, 2.05) is 6.92 Å². The molecule has 1 aliphatic heterocycles. The highest BCUT2D eigenvalue weighted by Crippen LogP contribution is 2.47. The lowest BCUT2D eigenvalue weighted by Gasteiger charge is -2.27. The molecular weight excluding hydrogens is 203 g/mol. The van der Waals surface area contributed by atoms with Crippen molar-refractivity contribution in [3.63, 3.8) is 0 Å². The Kier molecular flexibility index (Phi) is 4.58. The van der Waals surface area contributed by atoms with Crippen molar-refractivity contribution in [3.05, 3.63) is 0 Å². The number of phosphoric acid groups is 1. The summed E-state index contributed by atoms with van der Waals surface area (Å²) in [4.78, 5) is 9.31. The maximum atomic E-state index is 11.3. The molecule has 0 aromatic carbocycles. The molecule has 1 saturated heterocycles. The molecule has 0 aromatic heterocycles. The molecule has 0 saturated carbocycles. The number of hydrogen-bond acceptors (Lipinski definition) is 3. The van der Waals surface area contributed by atoms with Gasteiger partial charge < -0.3 is 4.89 Å². The summed E-state index contributed by atoms with van der Waals surface area (Å²) in [6.45, 7) is 4.41. The van der Waals surface area contributed by atoms with E-state index in [1.165, 1.54) is 0 Å². The molecule has 1 heterocycles. The number of hydrogen-bond donors (Lipinski definition) is 1. The first-order valence-corrected chi connectivity index (χ1v) is 6.70. The van der Waals surface area contributed by atoms with Crippen LogP contribution in [0.25, 0.3) is 0 Å². The summed E-state index contributed by atoms with van der Waals surface area (Å²) >= 11 is 0. The average Bonchev–Trinajstić information content (AvgIpc) is 2.10. The third-order valence-electron chi connectivity index (χ3n) is 2.68. The summed E-state index contributed by atoms with van der Waals surface area (Å²) in [6.07, 6.45) is 3.49. The van der Waals surface area contributed by atoms with Gasteiger partial charge >= 0.3 is 7.82 Å². The first kappa shape index (κ1) is 12.2. The van der Waals surface area contributed by atoms with Gasteiger partial charge in [0, 0.05) is 0 Å². The molecule has 3 atom stereocenters. The Morgan fingerprint density at radius 1 is 1.57 bits per heavy atom. The van der Waals surface area contributed by atoms with Gasteiger partial charge in [-0.3, -0.25) is 9.05 Å². The first-order valence-electron chi connectivity index (χ1n) is 5.21. The molecule has 84 valence electrons. The van der Waals surface area contributed by atoms with Crippen LogP contribution in [0.5, 0.6) is 0 Å². The minimum atomic E-state index is -3.78. The van der Waals surface area contributed by atoms with Crippen LogP contribution < -0.4 is 0 Å². The Hall–Kier alpha value is 0.110. The molecule has 1 N–H and O–H groups in total. The van der Waals surface area contributed by atoms with Crippen molar-refractivity contribution in [2.75, 3.05) is 6.61 Å². The lowest BCUT2D eigenvalue weighted by molar-refractivity contribution is 0.0522. The van der Waals surface area contributed by atoms with Gasteiger partial charge in [0.05, 0.1) is 12.7 Å². The van der Waals surface area contributed by atoms with E-state index >= 15 is 0 Å². The summed E-state index contributed by atoms with van der Waals surface area (Å²) < 4.78 is 21.3. The van der Waals surface area contributed by atoms with Crippen LogP contribution in [0.1, 0.15) is 39.5 Å². The third kappa shape index (κ3) is 3.70. The quantitative estimate of drug-likeness (QED) is 0.730. The molecule has 0 amide bonds. The van der Waals surface area contributed by atoms with Crippen molar-refractivity contribution in [1.29, 1.82) is 0 Å². The largest absolute Gasteiger partial charge is 0.472 e. The van der Waals surface area contributed by atoms with Crippen LogP contribution in [-0.2, 0) is 13.6 Å². The Morgan fingerprint density at radius 3 is 2.93 bits per heavy atom. The van der Waals surface area contributed by atoms with E-state index in [1.54, 1.807) is 0 Å². The zero-order valence-electron chi connectivity index (χ0n) is 8.81. The maximum Gasteiger partial charge on any atom is 0.472 e. The topological polar surface area (TPSA) is 55.8 Å². The van der Waals surface area contributed by atoms with Gasteiger partial charge in [0.2, 0.25) is 0 Å². The monoisotopic (exact) mass is 222 g/mol. The van der Waals surface area contributed by atoms with Gasteiger partial charge in [0.1, 0.15) is 0 Å². The Bertz CT molecular complexity index is 219. The first-order chi connectivity index (χ1) is 6.55. The van der Waals surface area contributed by atoms with E-state index in [0.717, 1.165) is 25.7 Å². The van der Waals surface area contributed by atoms with Crippen molar-refractivity contribution in [3.8, 4) is 0 Å². The SMILES string of the molecule is CCC(C)C1CCCCOP(=O)(O)O1. The lowest BCUT2D eigenvalue weighted by Crippen LogP contribution is -2.22. The van der Waals surface area contributed by atoms with Crippen LogP contribution in [0, 0.1) is 5.92 Å². The molecule has 1 fully saturated rings. The zero-order chi connectivity index (χ0) is 10.6. The van der Waals surface area contributed by atoms with Gasteiger partial charge in [-0.25, -0.2) is 4.57 Å². The Morgan fingerprint density at radius 2 is 2.29 bits per heavy atom. The maximum absolute atomic E-state index is 11.3. The van der Waals surface area contributed by atoms with Crippen LogP contribution in [0.2, 0.25) is 0 Å². The lowest BCUT2D eigenvalue weighted by atomic mass is 9.97. The van der Waals surface area contributed by atoms with E-state index in [4.69, 9.17) is 9.05 Å². The highest BCUT2D eigenvalue weighted by Gasteiger charge is 2.30. The molecule has 3 unspecified atom stereocenters. The molecule has 14 heavy (non-hydrogen) atoms. The second-order valence-corrected chi connectivity index (χ2v) is 5.23. The minimum absolute atomic E-state index is 0.142. The Labute approximate surface area is 85.2 Å². The summed E-state index contributed by atoms with van der Waals surface area (Å²) in [7, 11) is -3.78. The van der Waals surface area contributed by atoms with Gasteiger partial charge in [-0.15, -0.1) is 0 Å². The van der Waals surface area contributed by atoms with Crippen molar-refractivity contribution < 1.29 is 18.5 Å². The van der Waals surface area contributed by atoms with Gasteiger partial charge in [0.15, 0.2) is 0 Å². The van der Waals surface area contributed by atoms with Gasteiger partial charge in [0.25, 0.3) is 0 Å². The molecular formula is C9H19O4P. The van der Waals surface area contributed by atoms with Gasteiger partial charge in [-0.2, -0.15) is 0 Å². The molecule has 0 aliphatic carbocycles. The standard InChI is InChI=1S/C9H19O4P/c1-3-8(2)9-6-4-5-7-12-14(10,11)13-9/h8-9H,3-7H2,1-2H3,(H,10,11). The Balaban J connectivity index is 2.59. The molecule has 4 nitrogen and oxygen atoms in total. The molecule has 5 heteroatoms. The summed E-state index contributed by atoms with van der Waals surface area (Å²) in [5.41, 5.74) is 0. The molecule has 0 aromatic rings. The van der Waals surface area contributed by atoms with Crippen LogP contribution >= 0.6 is 7.82 Å². The third-order valence-corrected chi connectivity index (χ3v) is 3.73. The zero-order valence-corrected chi connectivity index (χ0v) is 9.70. The number of phosphoric ester groups is 1. The predicted octanol–water partition coefficient (Wildman–Crippen LogP) is 2.72. The molecule has 0 spiro atoms. The van der Waals surface area contributed by atoms with Crippen LogP contribution in [0.4, 0.5) is 0 Å². The van der Waals surface area contributed by atoms with E-state index in [-0.39, 0.29) is 6.10 Å². The summed E-state index contributed by atoms with van der Waals surface area (Å²) in [5.74, 6) is 0.303. The highest BCUT2D eigenvalue weighted by molar-refractivity contribution is 7.47. The van der Waals surface area contributed by atoms with E-state index in [2.05, 4.69) is 6.92 Å². The van der Waals surface area contributed by atoms with E-state index in [9.17, 15) is 9.46 Å². The van der Waals surface area contributed by atoms with Crippen molar-refractivity contribution in [2.45, 2.75) is 45.6 Å². The molecule has 1 aliphatic rings. The fourth-order valence-corrected chi connectivity index (χ4v) is 2.61. The summed E-state index contributed by atoms with van der Waals surface area (Å²) in [5, 5.41) is 0. The second-order valence-electron chi connectivity index (χ2n) is 3.83. The predicted molar refractivity (Wildman–Crippen MR) is 54.0 cm³/mol. The van der Waals surface area contributed by atoms with E-state index < -0.39 is 7.82 Å². The van der Waals surface area contributed by atoms with Gasteiger partial charge in [-0.1, -0.05) is 20.3 Å². The second kappa shape index (κ2) is 5.26. The van der Waals surface area contributed by atoms with E-state index in [0.29, 0.717) is 12.5 Å². The average molecular weight is 222 g/mol. The van der Waals surface area contributed by atoms with Gasteiger partial charge in [-0.05, 0) is 25.2 Å². The number of rotatable bonds is 2. The summed E-state index contributed by atoms with van der Waals surface area (Å²) in [6, 6.07) is 0. The van der Waals surface area contributed by atoms with Crippen LogP contribution in [0.3, 0.4) is 0 Å². The smallest absolute Gasteiger partial charge is 0.302 e. The van der Waals surface area contributed by atoms with Crippen molar-refractivity contribution >= 4 is 7.82 Å². The van der Waals surface area contributed by atoms with Crippen molar-refractivity contribution in [2.24, 2.45) is 5.92 Å².